The molecule has 0 saturated heterocycles. The molecule has 0 aliphatic rings. The average molecular weight is 154 g/mol. The highest BCUT2D eigenvalue weighted by atomic mass is 15.2. The molecule has 1 heterocycles. The summed E-state index contributed by atoms with van der Waals surface area (Å²) in [6.07, 6.45) is 1.88. The lowest BCUT2D eigenvalue weighted by Crippen LogP contribution is -2.02. The molecule has 0 radical (unpaired) electrons. The summed E-state index contributed by atoms with van der Waals surface area (Å²) in [5.74, 6) is 0.607. The summed E-state index contributed by atoms with van der Waals surface area (Å²) >= 11 is 0. The van der Waals surface area contributed by atoms with Gasteiger partial charge >= 0.3 is 0 Å². The lowest BCUT2D eigenvalue weighted by molar-refractivity contribution is 0.829. The van der Waals surface area contributed by atoms with Crippen molar-refractivity contribution in [3.63, 3.8) is 0 Å². The van der Waals surface area contributed by atoms with Crippen LogP contribution >= 0.6 is 0 Å². The van der Waals surface area contributed by atoms with Crippen LogP contribution in [0.5, 0.6) is 0 Å². The second kappa shape index (κ2) is 3.39. The van der Waals surface area contributed by atoms with Gasteiger partial charge in [-0.2, -0.15) is 5.10 Å². The maximum Gasteiger partial charge on any atom is 0.148 e. The Morgan fingerprint density at radius 3 is 2.73 bits per heavy atom. The number of H-pyrrole nitrogens is 1. The summed E-state index contributed by atoms with van der Waals surface area (Å²) in [6.45, 7) is 2.67. The largest absolute Gasteiger partial charge is 0.382 e. The fourth-order valence-corrected chi connectivity index (χ4v) is 1.07. The molecule has 4 nitrogen and oxygen atoms in total. The van der Waals surface area contributed by atoms with E-state index in [1.807, 2.05) is 6.92 Å². The van der Waals surface area contributed by atoms with E-state index >= 15 is 0 Å². The minimum absolute atomic E-state index is 0.607. The summed E-state index contributed by atoms with van der Waals surface area (Å²) in [5, 5.41) is 6.71. The quantitative estimate of drug-likeness (QED) is 0.581. The first kappa shape index (κ1) is 8.07. The standard InChI is InChI=1S/C7H14N4/c1-5-6(3-2-4-8)7(9)11-10-5/h2-4,8H2,1H3,(H3,9,10,11). The number of rotatable bonds is 3. The Bertz CT molecular complexity index is 209. The van der Waals surface area contributed by atoms with Crippen LogP contribution in [0.3, 0.4) is 0 Å². The van der Waals surface area contributed by atoms with Crippen LogP contribution in [0.2, 0.25) is 0 Å². The zero-order valence-electron chi connectivity index (χ0n) is 6.72. The van der Waals surface area contributed by atoms with Gasteiger partial charge < -0.3 is 11.5 Å². The summed E-state index contributed by atoms with van der Waals surface area (Å²) in [5.41, 5.74) is 13.1. The van der Waals surface area contributed by atoms with Crippen molar-refractivity contribution in [2.45, 2.75) is 19.8 Å². The van der Waals surface area contributed by atoms with E-state index in [1.54, 1.807) is 0 Å². The van der Waals surface area contributed by atoms with E-state index in [4.69, 9.17) is 11.5 Å². The van der Waals surface area contributed by atoms with Gasteiger partial charge in [0.1, 0.15) is 5.82 Å². The van der Waals surface area contributed by atoms with Gasteiger partial charge in [0.05, 0.1) is 0 Å². The topological polar surface area (TPSA) is 80.7 Å². The number of nitrogen functional groups attached to an aromatic ring is 1. The van der Waals surface area contributed by atoms with Crippen molar-refractivity contribution in [1.29, 1.82) is 0 Å². The van der Waals surface area contributed by atoms with Crippen molar-refractivity contribution >= 4 is 5.82 Å². The molecular formula is C7H14N4. The highest BCUT2D eigenvalue weighted by Gasteiger charge is 2.04. The lowest BCUT2D eigenvalue weighted by atomic mass is 10.1. The number of hydrogen-bond donors (Lipinski definition) is 3. The van der Waals surface area contributed by atoms with Crippen LogP contribution in [0.15, 0.2) is 0 Å². The number of aromatic nitrogens is 2. The molecule has 0 aliphatic carbocycles. The van der Waals surface area contributed by atoms with Crippen molar-refractivity contribution in [3.05, 3.63) is 11.3 Å². The fourth-order valence-electron chi connectivity index (χ4n) is 1.07. The Morgan fingerprint density at radius 2 is 2.27 bits per heavy atom. The van der Waals surface area contributed by atoms with Crippen LogP contribution in [0.25, 0.3) is 0 Å². The monoisotopic (exact) mass is 154 g/mol. The molecule has 0 aromatic carbocycles. The van der Waals surface area contributed by atoms with E-state index in [2.05, 4.69) is 10.2 Å². The van der Waals surface area contributed by atoms with E-state index in [1.165, 1.54) is 0 Å². The Balaban J connectivity index is 2.67. The van der Waals surface area contributed by atoms with Gasteiger partial charge in [-0.25, -0.2) is 0 Å². The molecule has 0 amide bonds. The second-order valence-corrected chi connectivity index (χ2v) is 2.60. The van der Waals surface area contributed by atoms with E-state index < -0.39 is 0 Å². The predicted octanol–water partition coefficient (Wildman–Crippen LogP) is 0.192. The smallest absolute Gasteiger partial charge is 0.148 e. The normalized spacial score (nSPS) is 10.4. The molecule has 0 bridgehead atoms. The van der Waals surface area contributed by atoms with E-state index in [9.17, 15) is 0 Å². The average Bonchev–Trinajstić information content (AvgIpc) is 2.29. The van der Waals surface area contributed by atoms with Crippen molar-refractivity contribution in [3.8, 4) is 0 Å². The number of nitrogens with one attached hydrogen (secondary N) is 1. The highest BCUT2D eigenvalue weighted by molar-refractivity contribution is 5.41. The fraction of sp³-hybridized carbons (Fsp3) is 0.571. The Kier molecular flexibility index (Phi) is 2.48. The van der Waals surface area contributed by atoms with E-state index in [0.717, 1.165) is 24.1 Å². The Morgan fingerprint density at radius 1 is 1.55 bits per heavy atom. The number of nitrogens with two attached hydrogens (primary N) is 2. The molecule has 1 aromatic rings. The van der Waals surface area contributed by atoms with Crippen molar-refractivity contribution in [2.75, 3.05) is 12.3 Å². The molecule has 62 valence electrons. The first-order valence-electron chi connectivity index (χ1n) is 3.75. The molecule has 0 saturated carbocycles. The molecule has 0 aliphatic heterocycles. The minimum Gasteiger partial charge on any atom is -0.382 e. The van der Waals surface area contributed by atoms with Crippen LogP contribution in [0.1, 0.15) is 17.7 Å². The molecule has 0 fully saturated rings. The van der Waals surface area contributed by atoms with Crippen molar-refractivity contribution in [1.82, 2.24) is 10.2 Å². The Hall–Kier alpha value is -1.03. The van der Waals surface area contributed by atoms with Crippen LogP contribution in [-0.4, -0.2) is 16.7 Å². The molecule has 1 rings (SSSR count). The van der Waals surface area contributed by atoms with Gasteiger partial charge in [0.2, 0.25) is 0 Å². The maximum atomic E-state index is 5.60. The van der Waals surface area contributed by atoms with E-state index in [0.29, 0.717) is 12.4 Å². The minimum atomic E-state index is 0.607. The third kappa shape index (κ3) is 1.71. The summed E-state index contributed by atoms with van der Waals surface area (Å²) in [6, 6.07) is 0. The number of nitrogens with zero attached hydrogens (tertiary/aromatic N) is 1. The summed E-state index contributed by atoms with van der Waals surface area (Å²) in [4.78, 5) is 0. The van der Waals surface area contributed by atoms with E-state index in [-0.39, 0.29) is 0 Å². The molecule has 5 N–H and O–H groups in total. The third-order valence-corrected chi connectivity index (χ3v) is 1.74. The zero-order valence-corrected chi connectivity index (χ0v) is 6.72. The van der Waals surface area contributed by atoms with Crippen molar-refractivity contribution < 1.29 is 0 Å². The van der Waals surface area contributed by atoms with Gasteiger partial charge in [-0.1, -0.05) is 0 Å². The summed E-state index contributed by atoms with van der Waals surface area (Å²) < 4.78 is 0. The van der Waals surface area contributed by atoms with Gasteiger partial charge in [-0.15, -0.1) is 0 Å². The van der Waals surface area contributed by atoms with Gasteiger partial charge in [-0.05, 0) is 26.3 Å². The van der Waals surface area contributed by atoms with Gasteiger partial charge in [-0.3, -0.25) is 5.10 Å². The molecule has 1 aromatic heterocycles. The lowest BCUT2D eigenvalue weighted by Gasteiger charge is -1.97. The first-order valence-corrected chi connectivity index (χ1v) is 3.75. The zero-order chi connectivity index (χ0) is 8.27. The number of aryl methyl sites for hydroxylation is 1. The summed E-state index contributed by atoms with van der Waals surface area (Å²) in [7, 11) is 0. The maximum absolute atomic E-state index is 5.60. The molecule has 0 atom stereocenters. The van der Waals surface area contributed by atoms with Crippen LogP contribution in [0.4, 0.5) is 5.82 Å². The predicted molar refractivity (Wildman–Crippen MR) is 45.1 cm³/mol. The first-order chi connectivity index (χ1) is 5.25. The molecule has 0 unspecified atom stereocenters. The number of anilines is 1. The van der Waals surface area contributed by atoms with Gasteiger partial charge in [0.25, 0.3) is 0 Å². The number of hydrogen-bond acceptors (Lipinski definition) is 3. The van der Waals surface area contributed by atoms with Crippen molar-refractivity contribution in [2.24, 2.45) is 5.73 Å². The van der Waals surface area contributed by atoms with Crippen LogP contribution in [0, 0.1) is 6.92 Å². The molecular weight excluding hydrogens is 140 g/mol. The van der Waals surface area contributed by atoms with Crippen LogP contribution < -0.4 is 11.5 Å². The number of aromatic amines is 1. The van der Waals surface area contributed by atoms with Gasteiger partial charge in [0.15, 0.2) is 0 Å². The Labute approximate surface area is 66.0 Å². The van der Waals surface area contributed by atoms with Gasteiger partial charge in [0, 0.05) is 11.3 Å². The molecule has 4 heteroatoms. The molecule has 0 spiro atoms. The second-order valence-electron chi connectivity index (χ2n) is 2.60. The third-order valence-electron chi connectivity index (χ3n) is 1.74. The SMILES string of the molecule is Cc1[nH]nc(N)c1CCCN. The highest BCUT2D eigenvalue weighted by Crippen LogP contribution is 2.13. The molecule has 11 heavy (non-hydrogen) atoms. The van der Waals surface area contributed by atoms with Crippen LogP contribution in [-0.2, 0) is 6.42 Å².